The van der Waals surface area contributed by atoms with Crippen molar-refractivity contribution in [2.75, 3.05) is 31.1 Å². The van der Waals surface area contributed by atoms with Crippen LogP contribution in [0.1, 0.15) is 6.42 Å². The lowest BCUT2D eigenvalue weighted by atomic mass is 10.00. The van der Waals surface area contributed by atoms with E-state index in [2.05, 4.69) is 5.32 Å². The number of carbonyl (C=O) groups excluding carboxylic acids is 1. The zero-order valence-electron chi connectivity index (χ0n) is 9.99. The van der Waals surface area contributed by atoms with Gasteiger partial charge in [0.15, 0.2) is 0 Å². The van der Waals surface area contributed by atoms with Gasteiger partial charge in [0.2, 0.25) is 0 Å². The third-order valence-corrected chi connectivity index (χ3v) is 3.57. The maximum Gasteiger partial charge on any atom is 0.253 e. The molecule has 1 N–H and O–H groups in total. The number of nitrogens with zero attached hydrogens (tertiary/aromatic N) is 1. The van der Waals surface area contributed by atoms with Crippen molar-refractivity contribution in [1.29, 1.82) is 0 Å². The molecular formula is C13H15FN2O2. The minimum atomic E-state index is -0.328. The molecule has 4 nitrogen and oxygen atoms in total. The van der Waals surface area contributed by atoms with Crippen molar-refractivity contribution in [2.45, 2.75) is 12.0 Å². The van der Waals surface area contributed by atoms with E-state index in [1.54, 1.807) is 17.0 Å². The second-order valence-corrected chi connectivity index (χ2v) is 4.86. The highest BCUT2D eigenvalue weighted by molar-refractivity contribution is 5.95. The molecule has 0 aromatic heterocycles. The molecule has 2 aliphatic rings. The lowest BCUT2D eigenvalue weighted by molar-refractivity contribution is -0.136. The molecule has 2 saturated heterocycles. The molecular weight excluding hydrogens is 235 g/mol. The number of hydrogen-bond donors (Lipinski definition) is 1. The van der Waals surface area contributed by atoms with E-state index in [0.29, 0.717) is 12.2 Å². The van der Waals surface area contributed by atoms with Crippen molar-refractivity contribution in [3.05, 3.63) is 30.1 Å². The van der Waals surface area contributed by atoms with Crippen molar-refractivity contribution in [1.82, 2.24) is 5.32 Å². The number of halogens is 1. The van der Waals surface area contributed by atoms with E-state index >= 15 is 0 Å². The Kier molecular flexibility index (Phi) is 2.80. The molecule has 2 fully saturated rings. The summed E-state index contributed by atoms with van der Waals surface area (Å²) in [6, 6.07) is 6.13. The van der Waals surface area contributed by atoms with Gasteiger partial charge in [0.25, 0.3) is 5.91 Å². The first-order chi connectivity index (χ1) is 8.69. The number of rotatable bonds is 1. The minimum Gasteiger partial charge on any atom is -0.362 e. The quantitative estimate of drug-likeness (QED) is 0.806. The van der Waals surface area contributed by atoms with Crippen molar-refractivity contribution in [3.8, 4) is 0 Å². The highest BCUT2D eigenvalue weighted by Crippen LogP contribution is 2.28. The molecule has 2 heterocycles. The summed E-state index contributed by atoms with van der Waals surface area (Å²) >= 11 is 0. The fourth-order valence-corrected chi connectivity index (χ4v) is 2.57. The molecule has 0 aliphatic carbocycles. The number of hydrogen-bond acceptors (Lipinski definition) is 3. The van der Waals surface area contributed by atoms with Crippen LogP contribution in [0.15, 0.2) is 24.3 Å². The number of carbonyl (C=O) groups is 1. The third-order valence-electron chi connectivity index (χ3n) is 3.57. The van der Waals surface area contributed by atoms with Crippen molar-refractivity contribution in [3.63, 3.8) is 0 Å². The first kappa shape index (κ1) is 11.6. The van der Waals surface area contributed by atoms with Gasteiger partial charge in [-0.3, -0.25) is 4.79 Å². The maximum atomic E-state index is 13.2. The standard InChI is InChI=1S/C13H15FN2O2/c14-10-2-1-3-11(6-10)16-9-13(4-5-15-8-13)18-7-12(16)17/h1-3,6,15H,4-5,7-9H2. The lowest BCUT2D eigenvalue weighted by Crippen LogP contribution is -2.56. The Morgan fingerprint density at radius 1 is 1.44 bits per heavy atom. The van der Waals surface area contributed by atoms with Gasteiger partial charge in [-0.25, -0.2) is 4.39 Å². The van der Waals surface area contributed by atoms with Crippen LogP contribution in [0.5, 0.6) is 0 Å². The van der Waals surface area contributed by atoms with Crippen LogP contribution in [0.4, 0.5) is 10.1 Å². The van der Waals surface area contributed by atoms with E-state index in [1.165, 1.54) is 12.1 Å². The molecule has 1 aromatic carbocycles. The van der Waals surface area contributed by atoms with E-state index < -0.39 is 0 Å². The van der Waals surface area contributed by atoms with E-state index in [4.69, 9.17) is 4.74 Å². The highest BCUT2D eigenvalue weighted by Gasteiger charge is 2.42. The molecule has 18 heavy (non-hydrogen) atoms. The van der Waals surface area contributed by atoms with E-state index in [0.717, 1.165) is 19.5 Å². The van der Waals surface area contributed by atoms with Gasteiger partial charge in [0, 0.05) is 12.2 Å². The summed E-state index contributed by atoms with van der Waals surface area (Å²) in [7, 11) is 0. The molecule has 1 unspecified atom stereocenters. The largest absolute Gasteiger partial charge is 0.362 e. The van der Waals surface area contributed by atoms with Gasteiger partial charge >= 0.3 is 0 Å². The molecule has 2 aliphatic heterocycles. The monoisotopic (exact) mass is 250 g/mol. The molecule has 3 rings (SSSR count). The SMILES string of the molecule is O=C1COC2(CCNC2)CN1c1cccc(F)c1. The summed E-state index contributed by atoms with van der Waals surface area (Å²) in [4.78, 5) is 13.5. The average molecular weight is 250 g/mol. The van der Waals surface area contributed by atoms with Gasteiger partial charge in [-0.1, -0.05) is 6.07 Å². The number of ether oxygens (including phenoxy) is 1. The van der Waals surface area contributed by atoms with Crippen LogP contribution in [-0.2, 0) is 9.53 Å². The zero-order chi connectivity index (χ0) is 12.6. The Morgan fingerprint density at radius 2 is 2.33 bits per heavy atom. The van der Waals surface area contributed by atoms with Crippen LogP contribution in [0.2, 0.25) is 0 Å². The first-order valence-corrected chi connectivity index (χ1v) is 6.09. The summed E-state index contributed by atoms with van der Waals surface area (Å²) in [6.07, 6.45) is 0.881. The Bertz CT molecular complexity index is 472. The van der Waals surface area contributed by atoms with Crippen LogP contribution >= 0.6 is 0 Å². The smallest absolute Gasteiger partial charge is 0.253 e. The van der Waals surface area contributed by atoms with Crippen LogP contribution in [0.3, 0.4) is 0 Å². The molecule has 1 aromatic rings. The lowest BCUT2D eigenvalue weighted by Gasteiger charge is -2.39. The van der Waals surface area contributed by atoms with Gasteiger partial charge in [-0.15, -0.1) is 0 Å². The summed E-state index contributed by atoms with van der Waals surface area (Å²) in [5.74, 6) is -0.441. The number of anilines is 1. The fourth-order valence-electron chi connectivity index (χ4n) is 2.57. The van der Waals surface area contributed by atoms with Crippen LogP contribution in [-0.4, -0.2) is 37.7 Å². The van der Waals surface area contributed by atoms with Gasteiger partial charge in [0.05, 0.1) is 6.54 Å². The van der Waals surface area contributed by atoms with Gasteiger partial charge in [0.1, 0.15) is 18.0 Å². The third kappa shape index (κ3) is 2.00. The average Bonchev–Trinajstić information content (AvgIpc) is 2.81. The summed E-state index contributed by atoms with van der Waals surface area (Å²) in [5.41, 5.74) is 0.301. The molecule has 1 amide bonds. The second kappa shape index (κ2) is 4.33. The topological polar surface area (TPSA) is 41.6 Å². The Balaban J connectivity index is 1.87. The van der Waals surface area contributed by atoms with E-state index in [-0.39, 0.29) is 23.9 Å². The van der Waals surface area contributed by atoms with E-state index in [1.807, 2.05) is 0 Å². The molecule has 1 spiro atoms. The summed E-state index contributed by atoms with van der Waals surface area (Å²) < 4.78 is 18.9. The fraction of sp³-hybridized carbons (Fsp3) is 0.462. The first-order valence-electron chi connectivity index (χ1n) is 6.09. The molecule has 0 saturated carbocycles. The Hall–Kier alpha value is -1.46. The van der Waals surface area contributed by atoms with Gasteiger partial charge in [-0.05, 0) is 31.2 Å². The predicted molar refractivity (Wildman–Crippen MR) is 64.9 cm³/mol. The van der Waals surface area contributed by atoms with Gasteiger partial charge < -0.3 is 15.0 Å². The Labute approximate surface area is 105 Å². The van der Waals surface area contributed by atoms with Gasteiger partial charge in [-0.2, -0.15) is 0 Å². The molecule has 1 atom stereocenters. The van der Waals surface area contributed by atoms with Crippen molar-refractivity contribution in [2.24, 2.45) is 0 Å². The molecule has 0 radical (unpaired) electrons. The van der Waals surface area contributed by atoms with Crippen LogP contribution in [0.25, 0.3) is 0 Å². The summed E-state index contributed by atoms with van der Waals surface area (Å²) in [5, 5.41) is 3.24. The minimum absolute atomic E-state index is 0.0677. The predicted octanol–water partition coefficient (Wildman–Crippen LogP) is 0.921. The number of amides is 1. The maximum absolute atomic E-state index is 13.2. The number of morpholine rings is 1. The van der Waals surface area contributed by atoms with Crippen LogP contribution < -0.4 is 10.2 Å². The zero-order valence-corrected chi connectivity index (χ0v) is 9.99. The van der Waals surface area contributed by atoms with Crippen molar-refractivity contribution >= 4 is 11.6 Å². The van der Waals surface area contributed by atoms with Crippen molar-refractivity contribution < 1.29 is 13.9 Å². The van der Waals surface area contributed by atoms with E-state index in [9.17, 15) is 9.18 Å². The highest BCUT2D eigenvalue weighted by atomic mass is 19.1. The summed E-state index contributed by atoms with van der Waals surface area (Å²) in [6.45, 7) is 2.19. The second-order valence-electron chi connectivity index (χ2n) is 4.86. The van der Waals surface area contributed by atoms with Crippen LogP contribution in [0, 0.1) is 5.82 Å². The number of benzene rings is 1. The normalized spacial score (nSPS) is 28.1. The Morgan fingerprint density at radius 3 is 3.06 bits per heavy atom. The molecule has 5 heteroatoms. The molecule has 0 bridgehead atoms. The molecule has 96 valence electrons. The number of nitrogens with one attached hydrogen (secondary N) is 1.